The van der Waals surface area contributed by atoms with E-state index in [9.17, 15) is 4.79 Å². The van der Waals surface area contributed by atoms with Gasteiger partial charge in [-0.25, -0.2) is 4.79 Å². The smallest absolute Gasteiger partial charge is 0.315 e. The second-order valence-corrected chi connectivity index (χ2v) is 7.22. The van der Waals surface area contributed by atoms with Crippen LogP contribution in [0.15, 0.2) is 24.3 Å². The summed E-state index contributed by atoms with van der Waals surface area (Å²) in [4.78, 5) is 17.2. The molecule has 0 spiro atoms. The van der Waals surface area contributed by atoms with E-state index in [-0.39, 0.29) is 12.1 Å². The van der Waals surface area contributed by atoms with Crippen molar-refractivity contribution in [3.05, 3.63) is 35.4 Å². The maximum Gasteiger partial charge on any atom is 0.315 e. The number of nitrogens with one attached hydrogen (secondary N) is 2. The highest BCUT2D eigenvalue weighted by atomic mass is 16.5. The molecule has 0 bridgehead atoms. The number of urea groups is 1. The highest BCUT2D eigenvalue weighted by molar-refractivity contribution is 5.74. The van der Waals surface area contributed by atoms with Crippen molar-refractivity contribution in [2.24, 2.45) is 0 Å². The molecule has 0 saturated carbocycles. The fraction of sp³-hybridized carbons (Fsp3) is 0.650. The van der Waals surface area contributed by atoms with Crippen molar-refractivity contribution in [3.63, 3.8) is 0 Å². The Morgan fingerprint density at radius 1 is 1.15 bits per heavy atom. The molecule has 0 aromatic heterocycles. The molecule has 2 amide bonds. The first-order chi connectivity index (χ1) is 12.7. The van der Waals surface area contributed by atoms with Crippen LogP contribution in [0.1, 0.15) is 30.9 Å². The van der Waals surface area contributed by atoms with Crippen LogP contribution in [0.25, 0.3) is 0 Å². The number of hydrogen-bond acceptors (Lipinski definition) is 4. The quantitative estimate of drug-likeness (QED) is 0.812. The van der Waals surface area contributed by atoms with Crippen molar-refractivity contribution < 1.29 is 9.53 Å². The van der Waals surface area contributed by atoms with Gasteiger partial charge in [-0.15, -0.1) is 0 Å². The zero-order chi connectivity index (χ0) is 18.2. The highest BCUT2D eigenvalue weighted by Crippen LogP contribution is 2.14. The fourth-order valence-corrected chi connectivity index (χ4v) is 3.66. The van der Waals surface area contributed by atoms with Gasteiger partial charge in [-0.05, 0) is 30.5 Å². The number of benzene rings is 1. The lowest BCUT2D eigenvalue weighted by atomic mass is 10.1. The summed E-state index contributed by atoms with van der Waals surface area (Å²) in [6, 6.07) is 8.45. The van der Waals surface area contributed by atoms with E-state index in [0.717, 1.165) is 58.7 Å². The van der Waals surface area contributed by atoms with Crippen LogP contribution in [-0.4, -0.2) is 67.8 Å². The molecule has 1 aromatic carbocycles. The van der Waals surface area contributed by atoms with E-state index in [1.165, 1.54) is 11.1 Å². The van der Waals surface area contributed by atoms with E-state index in [0.29, 0.717) is 13.2 Å². The molecule has 2 N–H and O–H groups in total. The molecule has 1 atom stereocenters. The van der Waals surface area contributed by atoms with Gasteiger partial charge < -0.3 is 20.3 Å². The van der Waals surface area contributed by atoms with E-state index in [1.54, 1.807) is 0 Å². The largest absolute Gasteiger partial charge is 0.379 e. The molecule has 2 aliphatic rings. The molecule has 1 aromatic rings. The van der Waals surface area contributed by atoms with Gasteiger partial charge in [0.05, 0.1) is 12.6 Å². The normalized spacial score (nSPS) is 22.1. The summed E-state index contributed by atoms with van der Waals surface area (Å²) < 4.78 is 5.41. The predicted octanol–water partition coefficient (Wildman–Crippen LogP) is 1.80. The van der Waals surface area contributed by atoms with Gasteiger partial charge >= 0.3 is 6.03 Å². The Labute approximate surface area is 156 Å². The third-order valence-electron chi connectivity index (χ3n) is 5.36. The minimum absolute atomic E-state index is 0.105. The van der Waals surface area contributed by atoms with E-state index in [2.05, 4.69) is 45.6 Å². The Morgan fingerprint density at radius 3 is 2.58 bits per heavy atom. The van der Waals surface area contributed by atoms with Crippen LogP contribution in [0.2, 0.25) is 0 Å². The minimum atomic E-state index is -0.105. The zero-order valence-electron chi connectivity index (χ0n) is 15.9. The molecule has 2 heterocycles. The van der Waals surface area contributed by atoms with E-state index in [1.807, 2.05) is 6.07 Å². The van der Waals surface area contributed by atoms with Crippen molar-refractivity contribution in [1.82, 2.24) is 20.4 Å². The maximum absolute atomic E-state index is 12.2. The SMILES string of the molecule is CCN1CCN(Cc2ccccc2CNC(=O)NC2CCCOC2)CC1. The number of nitrogens with zero attached hydrogens (tertiary/aromatic N) is 2. The lowest BCUT2D eigenvalue weighted by Gasteiger charge is -2.34. The summed E-state index contributed by atoms with van der Waals surface area (Å²) in [5, 5.41) is 6.02. The molecule has 2 fully saturated rings. The second kappa shape index (κ2) is 9.90. The lowest BCUT2D eigenvalue weighted by molar-refractivity contribution is 0.0732. The molecule has 26 heavy (non-hydrogen) atoms. The number of amides is 2. The number of piperazine rings is 1. The molecule has 0 aliphatic carbocycles. The summed E-state index contributed by atoms with van der Waals surface area (Å²) in [6.07, 6.45) is 2.01. The standard InChI is InChI=1S/C20H32N4O2/c1-2-23-9-11-24(12-10-23)15-18-7-4-3-6-17(18)14-21-20(25)22-19-8-5-13-26-16-19/h3-4,6-7,19H,2,5,8-16H2,1H3,(H2,21,22,25). The van der Waals surface area contributed by atoms with Gasteiger partial charge in [0, 0.05) is 45.9 Å². The van der Waals surface area contributed by atoms with Crippen molar-refractivity contribution in [3.8, 4) is 0 Å². The van der Waals surface area contributed by atoms with Gasteiger partial charge in [0.25, 0.3) is 0 Å². The Bertz CT molecular complexity index is 567. The molecule has 0 radical (unpaired) electrons. The Balaban J connectivity index is 1.48. The van der Waals surface area contributed by atoms with Crippen LogP contribution >= 0.6 is 0 Å². The van der Waals surface area contributed by atoms with E-state index < -0.39 is 0 Å². The Kier molecular flexibility index (Phi) is 7.29. The third-order valence-corrected chi connectivity index (χ3v) is 5.36. The van der Waals surface area contributed by atoms with Crippen LogP contribution in [0, 0.1) is 0 Å². The van der Waals surface area contributed by atoms with Crippen molar-refractivity contribution >= 4 is 6.03 Å². The summed E-state index contributed by atoms with van der Waals surface area (Å²) in [6.45, 7) is 10.8. The number of hydrogen-bond donors (Lipinski definition) is 2. The van der Waals surface area contributed by atoms with Crippen molar-refractivity contribution in [1.29, 1.82) is 0 Å². The average molecular weight is 361 g/mol. The Hall–Kier alpha value is -1.63. The fourth-order valence-electron chi connectivity index (χ4n) is 3.66. The first kappa shape index (κ1) is 19.1. The predicted molar refractivity (Wildman–Crippen MR) is 103 cm³/mol. The van der Waals surface area contributed by atoms with Gasteiger partial charge in [-0.1, -0.05) is 31.2 Å². The number of rotatable bonds is 6. The van der Waals surface area contributed by atoms with E-state index >= 15 is 0 Å². The van der Waals surface area contributed by atoms with E-state index in [4.69, 9.17) is 4.74 Å². The summed E-state index contributed by atoms with van der Waals surface area (Å²) in [5.74, 6) is 0. The number of carbonyl (C=O) groups excluding carboxylic acids is 1. The van der Waals surface area contributed by atoms with Gasteiger partial charge in [-0.3, -0.25) is 4.90 Å². The first-order valence-corrected chi connectivity index (χ1v) is 9.88. The minimum Gasteiger partial charge on any atom is -0.379 e. The molecule has 3 rings (SSSR count). The highest BCUT2D eigenvalue weighted by Gasteiger charge is 2.18. The van der Waals surface area contributed by atoms with Crippen LogP contribution in [0.4, 0.5) is 4.79 Å². The summed E-state index contributed by atoms with van der Waals surface area (Å²) in [5.41, 5.74) is 2.50. The second-order valence-electron chi connectivity index (χ2n) is 7.22. The van der Waals surface area contributed by atoms with Crippen LogP contribution in [-0.2, 0) is 17.8 Å². The number of likely N-dealkylation sites (N-methyl/N-ethyl adjacent to an activating group) is 1. The van der Waals surface area contributed by atoms with Gasteiger partial charge in [0.15, 0.2) is 0 Å². The molecule has 2 aliphatic heterocycles. The van der Waals surface area contributed by atoms with Crippen molar-refractivity contribution in [2.75, 3.05) is 45.9 Å². The van der Waals surface area contributed by atoms with Crippen LogP contribution < -0.4 is 10.6 Å². The molecule has 6 heteroatoms. The molecule has 6 nitrogen and oxygen atoms in total. The van der Waals surface area contributed by atoms with Crippen molar-refractivity contribution in [2.45, 2.75) is 38.9 Å². The summed E-state index contributed by atoms with van der Waals surface area (Å²) in [7, 11) is 0. The lowest BCUT2D eigenvalue weighted by Crippen LogP contribution is -2.46. The molecule has 1 unspecified atom stereocenters. The summed E-state index contributed by atoms with van der Waals surface area (Å²) >= 11 is 0. The zero-order valence-corrected chi connectivity index (χ0v) is 15.9. The average Bonchev–Trinajstić information content (AvgIpc) is 2.69. The number of carbonyl (C=O) groups is 1. The monoisotopic (exact) mass is 360 g/mol. The topological polar surface area (TPSA) is 56.8 Å². The van der Waals surface area contributed by atoms with Crippen LogP contribution in [0.5, 0.6) is 0 Å². The van der Waals surface area contributed by atoms with Gasteiger partial charge in [0.1, 0.15) is 0 Å². The number of ether oxygens (including phenoxy) is 1. The van der Waals surface area contributed by atoms with Gasteiger partial charge in [-0.2, -0.15) is 0 Å². The molecule has 144 valence electrons. The molecule has 2 saturated heterocycles. The Morgan fingerprint density at radius 2 is 1.88 bits per heavy atom. The van der Waals surface area contributed by atoms with Crippen LogP contribution in [0.3, 0.4) is 0 Å². The molecular weight excluding hydrogens is 328 g/mol. The first-order valence-electron chi connectivity index (χ1n) is 9.88. The third kappa shape index (κ3) is 5.69. The maximum atomic E-state index is 12.2. The molecular formula is C20H32N4O2. The van der Waals surface area contributed by atoms with Gasteiger partial charge in [0.2, 0.25) is 0 Å².